The number of hydrogen-bond donors (Lipinski definition) is 2. The van der Waals surface area contributed by atoms with Gasteiger partial charge < -0.3 is 10.2 Å². The van der Waals surface area contributed by atoms with Gasteiger partial charge in [-0.2, -0.15) is 0 Å². The Morgan fingerprint density at radius 2 is 2.05 bits per heavy atom. The van der Waals surface area contributed by atoms with Crippen LogP contribution in [0.15, 0.2) is 38.1 Å². The second-order valence-corrected chi connectivity index (χ2v) is 6.86. The van der Waals surface area contributed by atoms with Crippen LogP contribution in [0.4, 0.5) is 5.69 Å². The van der Waals surface area contributed by atoms with Crippen LogP contribution in [0.1, 0.15) is 17.1 Å². The molecular formula is C13H15BrN2O3S. The molecule has 0 spiro atoms. The van der Waals surface area contributed by atoms with Crippen molar-refractivity contribution >= 4 is 31.6 Å². The Balaban J connectivity index is 2.40. The highest BCUT2D eigenvalue weighted by Crippen LogP contribution is 2.27. The van der Waals surface area contributed by atoms with E-state index >= 15 is 0 Å². The molecule has 2 aromatic rings. The molecular weight excluding hydrogens is 344 g/mol. The summed E-state index contributed by atoms with van der Waals surface area (Å²) < 4.78 is 33.5. The Morgan fingerprint density at radius 3 is 2.65 bits per heavy atom. The lowest BCUT2D eigenvalue weighted by Gasteiger charge is -2.10. The summed E-state index contributed by atoms with van der Waals surface area (Å²) in [7, 11) is -3.69. The van der Waals surface area contributed by atoms with Crippen LogP contribution < -0.4 is 10.5 Å². The molecule has 0 radical (unpaired) electrons. The predicted octanol–water partition coefficient (Wildman–Crippen LogP) is 2.92. The number of halogens is 1. The number of rotatable bonds is 4. The molecule has 0 saturated carbocycles. The van der Waals surface area contributed by atoms with Gasteiger partial charge in [0.25, 0.3) is 10.0 Å². The van der Waals surface area contributed by atoms with Crippen LogP contribution in [-0.2, 0) is 16.6 Å². The summed E-state index contributed by atoms with van der Waals surface area (Å²) in [4.78, 5) is 0.109. The Morgan fingerprint density at radius 1 is 1.35 bits per heavy atom. The van der Waals surface area contributed by atoms with E-state index < -0.39 is 10.0 Å². The van der Waals surface area contributed by atoms with Crippen molar-refractivity contribution in [3.63, 3.8) is 0 Å². The molecule has 3 N–H and O–H groups in total. The van der Waals surface area contributed by atoms with E-state index in [0.29, 0.717) is 17.2 Å². The number of furan rings is 1. The normalized spacial score (nSPS) is 11.6. The summed E-state index contributed by atoms with van der Waals surface area (Å²) in [5.41, 5.74) is 6.80. The van der Waals surface area contributed by atoms with Gasteiger partial charge in [-0.3, -0.25) is 4.72 Å². The van der Waals surface area contributed by atoms with Crippen LogP contribution in [0.3, 0.4) is 0 Å². The van der Waals surface area contributed by atoms with E-state index in [1.807, 2.05) is 13.0 Å². The number of nitrogens with two attached hydrogens (primary N) is 1. The largest absolute Gasteiger partial charge is 0.464 e. The summed E-state index contributed by atoms with van der Waals surface area (Å²) in [5.74, 6) is 0.763. The third kappa shape index (κ3) is 2.89. The fourth-order valence-corrected chi connectivity index (χ4v) is 3.50. The van der Waals surface area contributed by atoms with Gasteiger partial charge in [-0.25, -0.2) is 8.42 Å². The number of sulfonamides is 1. The van der Waals surface area contributed by atoms with Crippen molar-refractivity contribution in [2.75, 3.05) is 4.72 Å². The van der Waals surface area contributed by atoms with E-state index in [4.69, 9.17) is 10.2 Å². The number of nitrogens with one attached hydrogen (secondary N) is 1. The molecule has 20 heavy (non-hydrogen) atoms. The molecule has 0 unspecified atom stereocenters. The quantitative estimate of drug-likeness (QED) is 0.879. The number of aryl methyl sites for hydroxylation is 1. The average Bonchev–Trinajstić information content (AvgIpc) is 2.77. The zero-order valence-corrected chi connectivity index (χ0v) is 13.5. The summed E-state index contributed by atoms with van der Waals surface area (Å²) in [5, 5.41) is 0. The second-order valence-electron chi connectivity index (χ2n) is 4.36. The molecule has 1 aromatic carbocycles. The molecule has 0 bridgehead atoms. The van der Waals surface area contributed by atoms with Gasteiger partial charge in [-0.1, -0.05) is 22.0 Å². The van der Waals surface area contributed by atoms with Gasteiger partial charge in [0.15, 0.2) is 0 Å². The lowest BCUT2D eigenvalue weighted by atomic mass is 10.2. The van der Waals surface area contributed by atoms with Gasteiger partial charge in [0, 0.05) is 10.5 Å². The Labute approximate surface area is 126 Å². The van der Waals surface area contributed by atoms with Crippen LogP contribution in [0.25, 0.3) is 0 Å². The highest BCUT2D eigenvalue weighted by atomic mass is 79.9. The minimum Gasteiger partial charge on any atom is -0.464 e. The van der Waals surface area contributed by atoms with Gasteiger partial charge in [0.2, 0.25) is 0 Å². The maximum Gasteiger partial charge on any atom is 0.265 e. The molecule has 0 aliphatic rings. The first-order valence-electron chi connectivity index (χ1n) is 5.92. The third-order valence-corrected chi connectivity index (χ3v) is 5.26. The van der Waals surface area contributed by atoms with Crippen molar-refractivity contribution in [3.8, 4) is 0 Å². The molecule has 0 saturated heterocycles. The molecule has 1 aromatic heterocycles. The van der Waals surface area contributed by atoms with Crippen LogP contribution in [0.2, 0.25) is 0 Å². The molecule has 108 valence electrons. The highest BCUT2D eigenvalue weighted by Gasteiger charge is 2.22. The van der Waals surface area contributed by atoms with Crippen LogP contribution in [0.5, 0.6) is 0 Å². The van der Waals surface area contributed by atoms with Crippen LogP contribution in [-0.4, -0.2) is 8.42 Å². The topological polar surface area (TPSA) is 85.3 Å². The zero-order chi connectivity index (χ0) is 14.9. The van der Waals surface area contributed by atoms with Crippen molar-refractivity contribution in [2.45, 2.75) is 25.3 Å². The molecule has 0 aliphatic heterocycles. The average molecular weight is 359 g/mol. The molecule has 5 nitrogen and oxygen atoms in total. The van der Waals surface area contributed by atoms with Gasteiger partial charge in [0.1, 0.15) is 16.4 Å². The number of hydrogen-bond acceptors (Lipinski definition) is 4. The third-order valence-electron chi connectivity index (χ3n) is 2.93. The van der Waals surface area contributed by atoms with Crippen LogP contribution in [0, 0.1) is 13.8 Å². The standard InChI is InChI=1S/C13H15BrN2O3S/c1-8-11(14)4-3-5-12(8)16-20(17,18)13-6-10(7-15)19-9(13)2/h3-6,16H,7,15H2,1-2H3. The Kier molecular flexibility index (Phi) is 4.22. The Bertz CT molecular complexity index is 738. The highest BCUT2D eigenvalue weighted by molar-refractivity contribution is 9.10. The predicted molar refractivity (Wildman–Crippen MR) is 81.0 cm³/mol. The van der Waals surface area contributed by atoms with Crippen molar-refractivity contribution in [1.82, 2.24) is 0 Å². The molecule has 0 fully saturated rings. The molecule has 0 aliphatic carbocycles. The monoisotopic (exact) mass is 358 g/mol. The maximum atomic E-state index is 12.4. The van der Waals surface area contributed by atoms with Gasteiger partial charge in [-0.05, 0) is 31.5 Å². The minimum atomic E-state index is -3.69. The molecule has 0 atom stereocenters. The van der Waals surface area contributed by atoms with Gasteiger partial charge >= 0.3 is 0 Å². The number of benzene rings is 1. The summed E-state index contributed by atoms with van der Waals surface area (Å²) in [6.45, 7) is 3.59. The molecule has 7 heteroatoms. The second kappa shape index (κ2) is 5.59. The van der Waals surface area contributed by atoms with Gasteiger partial charge in [0.05, 0.1) is 12.2 Å². The maximum absolute atomic E-state index is 12.4. The lowest BCUT2D eigenvalue weighted by molar-refractivity contribution is 0.479. The van der Waals surface area contributed by atoms with E-state index in [1.54, 1.807) is 19.1 Å². The number of anilines is 1. The smallest absolute Gasteiger partial charge is 0.265 e. The van der Waals surface area contributed by atoms with E-state index in [2.05, 4.69) is 20.7 Å². The van der Waals surface area contributed by atoms with Crippen molar-refractivity contribution < 1.29 is 12.8 Å². The molecule has 0 amide bonds. The molecule has 2 rings (SSSR count). The first-order chi connectivity index (χ1) is 9.35. The minimum absolute atomic E-state index is 0.109. The zero-order valence-electron chi connectivity index (χ0n) is 11.1. The van der Waals surface area contributed by atoms with Gasteiger partial charge in [-0.15, -0.1) is 0 Å². The first-order valence-corrected chi connectivity index (χ1v) is 8.20. The summed E-state index contributed by atoms with van der Waals surface area (Å²) in [6.07, 6.45) is 0. The molecule has 1 heterocycles. The van der Waals surface area contributed by atoms with Crippen molar-refractivity contribution in [3.05, 3.63) is 45.8 Å². The van der Waals surface area contributed by atoms with Crippen LogP contribution >= 0.6 is 15.9 Å². The summed E-state index contributed by atoms with van der Waals surface area (Å²) >= 11 is 3.37. The van der Waals surface area contributed by atoms with E-state index in [0.717, 1.165) is 10.0 Å². The first kappa shape index (κ1) is 15.1. The van der Waals surface area contributed by atoms with E-state index in [1.165, 1.54) is 6.07 Å². The van der Waals surface area contributed by atoms with E-state index in [-0.39, 0.29) is 11.4 Å². The van der Waals surface area contributed by atoms with E-state index in [9.17, 15) is 8.42 Å². The fourth-order valence-electron chi connectivity index (χ4n) is 1.81. The van der Waals surface area contributed by atoms with Crippen molar-refractivity contribution in [2.24, 2.45) is 5.73 Å². The van der Waals surface area contributed by atoms with Crippen molar-refractivity contribution in [1.29, 1.82) is 0 Å². The fraction of sp³-hybridized carbons (Fsp3) is 0.231. The summed E-state index contributed by atoms with van der Waals surface area (Å²) in [6, 6.07) is 6.77. The lowest BCUT2D eigenvalue weighted by Crippen LogP contribution is -2.14. The SMILES string of the molecule is Cc1oc(CN)cc1S(=O)(=O)Nc1cccc(Br)c1C. The Hall–Kier alpha value is -1.31.